The summed E-state index contributed by atoms with van der Waals surface area (Å²) in [6.45, 7) is 0.130. The second-order valence-electron chi connectivity index (χ2n) is 4.04. The molecule has 0 unspecified atom stereocenters. The van der Waals surface area contributed by atoms with Crippen molar-refractivity contribution in [2.45, 2.75) is 12.3 Å². The number of sulfonamides is 1. The summed E-state index contributed by atoms with van der Waals surface area (Å²) in [5.74, 6) is -0.0897. The highest BCUT2D eigenvalue weighted by atomic mass is 32.2. The zero-order valence-corrected chi connectivity index (χ0v) is 11.0. The van der Waals surface area contributed by atoms with Crippen molar-refractivity contribution >= 4 is 15.7 Å². The van der Waals surface area contributed by atoms with E-state index in [1.807, 2.05) is 0 Å². The Bertz CT molecular complexity index is 627. The first-order valence-electron chi connectivity index (χ1n) is 5.63. The molecule has 1 aromatic heterocycles. The molecule has 0 aliphatic rings. The molecule has 2 aromatic rings. The predicted molar refractivity (Wildman–Crippen MR) is 72.3 cm³/mol. The molecule has 100 valence electrons. The third-order valence-corrected chi connectivity index (χ3v) is 3.73. The van der Waals surface area contributed by atoms with Crippen molar-refractivity contribution < 1.29 is 8.42 Å². The van der Waals surface area contributed by atoms with E-state index in [1.165, 1.54) is 6.20 Å². The standard InChI is InChI=1S/C12H14N4O2S/c13-11-5-3-10(4-6-11)9-19(17,18)15-8-12-2-1-7-14-16-12/h1-7,15H,8-9,13H2. The van der Waals surface area contributed by atoms with E-state index in [1.54, 1.807) is 36.4 Å². The van der Waals surface area contributed by atoms with Gasteiger partial charge < -0.3 is 5.73 Å². The fourth-order valence-corrected chi connectivity index (χ4v) is 2.60. The SMILES string of the molecule is Nc1ccc(CS(=O)(=O)NCc2cccnn2)cc1. The van der Waals surface area contributed by atoms with Gasteiger partial charge in [-0.3, -0.25) is 0 Å². The highest BCUT2D eigenvalue weighted by Gasteiger charge is 2.11. The third kappa shape index (κ3) is 4.31. The van der Waals surface area contributed by atoms with Gasteiger partial charge >= 0.3 is 0 Å². The van der Waals surface area contributed by atoms with Crippen LogP contribution in [0, 0.1) is 0 Å². The predicted octanol–water partition coefficient (Wildman–Crippen LogP) is 0.678. The number of aromatic nitrogens is 2. The third-order valence-electron chi connectivity index (χ3n) is 2.44. The Hall–Kier alpha value is -1.99. The quantitative estimate of drug-likeness (QED) is 0.784. The number of hydrogen-bond donors (Lipinski definition) is 2. The summed E-state index contributed by atoms with van der Waals surface area (Å²) < 4.78 is 26.2. The summed E-state index contributed by atoms with van der Waals surface area (Å²) in [4.78, 5) is 0. The van der Waals surface area contributed by atoms with Crippen molar-refractivity contribution in [3.63, 3.8) is 0 Å². The number of benzene rings is 1. The molecule has 1 aromatic carbocycles. The van der Waals surface area contributed by atoms with Crippen LogP contribution < -0.4 is 10.5 Å². The van der Waals surface area contributed by atoms with Gasteiger partial charge in [-0.15, -0.1) is 0 Å². The van der Waals surface area contributed by atoms with Gasteiger partial charge in [0.15, 0.2) is 0 Å². The molecule has 0 saturated heterocycles. The van der Waals surface area contributed by atoms with E-state index in [4.69, 9.17) is 5.73 Å². The summed E-state index contributed by atoms with van der Waals surface area (Å²) >= 11 is 0. The minimum absolute atomic E-state index is 0.0897. The molecular formula is C12H14N4O2S. The molecule has 0 atom stereocenters. The number of hydrogen-bond acceptors (Lipinski definition) is 5. The lowest BCUT2D eigenvalue weighted by atomic mass is 10.2. The lowest BCUT2D eigenvalue weighted by Crippen LogP contribution is -2.25. The molecule has 6 nitrogen and oxygen atoms in total. The summed E-state index contributed by atoms with van der Waals surface area (Å²) in [6, 6.07) is 10.1. The fraction of sp³-hybridized carbons (Fsp3) is 0.167. The van der Waals surface area contributed by atoms with Crippen molar-refractivity contribution in [2.24, 2.45) is 0 Å². The molecular weight excluding hydrogens is 264 g/mol. The first-order chi connectivity index (χ1) is 9.05. The second kappa shape index (κ2) is 5.77. The Morgan fingerprint density at radius 2 is 1.89 bits per heavy atom. The molecule has 0 aliphatic heterocycles. The van der Waals surface area contributed by atoms with E-state index >= 15 is 0 Å². The molecule has 3 N–H and O–H groups in total. The largest absolute Gasteiger partial charge is 0.399 e. The number of nitrogens with one attached hydrogen (secondary N) is 1. The van der Waals surface area contributed by atoms with Crippen LogP contribution in [0.5, 0.6) is 0 Å². The number of rotatable bonds is 5. The molecule has 0 bridgehead atoms. The lowest BCUT2D eigenvalue weighted by Gasteiger charge is -2.06. The van der Waals surface area contributed by atoms with Crippen molar-refractivity contribution in [2.75, 3.05) is 5.73 Å². The molecule has 0 radical (unpaired) electrons. The molecule has 1 heterocycles. The minimum Gasteiger partial charge on any atom is -0.399 e. The monoisotopic (exact) mass is 278 g/mol. The Kier molecular flexibility index (Phi) is 4.08. The normalized spacial score (nSPS) is 11.4. The van der Waals surface area contributed by atoms with E-state index in [0.29, 0.717) is 16.9 Å². The Balaban J connectivity index is 1.97. The Labute approximate surface area is 111 Å². The van der Waals surface area contributed by atoms with Crippen LogP contribution in [0.4, 0.5) is 5.69 Å². The Morgan fingerprint density at radius 1 is 1.16 bits per heavy atom. The summed E-state index contributed by atoms with van der Waals surface area (Å²) in [6.07, 6.45) is 1.53. The van der Waals surface area contributed by atoms with E-state index in [0.717, 1.165) is 0 Å². The lowest BCUT2D eigenvalue weighted by molar-refractivity contribution is 0.579. The van der Waals surface area contributed by atoms with Gasteiger partial charge in [-0.2, -0.15) is 10.2 Å². The maximum absolute atomic E-state index is 11.9. The smallest absolute Gasteiger partial charge is 0.216 e. The van der Waals surface area contributed by atoms with Crippen molar-refractivity contribution in [1.29, 1.82) is 0 Å². The minimum atomic E-state index is -3.40. The Morgan fingerprint density at radius 3 is 2.53 bits per heavy atom. The van der Waals surface area contributed by atoms with Gasteiger partial charge in [0.05, 0.1) is 18.0 Å². The first-order valence-corrected chi connectivity index (χ1v) is 7.29. The molecule has 19 heavy (non-hydrogen) atoms. The molecule has 7 heteroatoms. The van der Waals surface area contributed by atoms with E-state index < -0.39 is 10.0 Å². The molecule has 0 saturated carbocycles. The average Bonchev–Trinajstić information content (AvgIpc) is 2.40. The van der Waals surface area contributed by atoms with Gasteiger partial charge in [-0.1, -0.05) is 12.1 Å². The van der Waals surface area contributed by atoms with Crippen LogP contribution in [0.2, 0.25) is 0 Å². The average molecular weight is 278 g/mol. The number of nitrogens with two attached hydrogens (primary N) is 1. The number of anilines is 1. The molecule has 0 amide bonds. The maximum atomic E-state index is 11.9. The molecule has 0 aliphatic carbocycles. The van der Waals surface area contributed by atoms with E-state index in [2.05, 4.69) is 14.9 Å². The van der Waals surface area contributed by atoms with Crippen molar-refractivity contribution in [3.05, 3.63) is 53.9 Å². The van der Waals surface area contributed by atoms with Gasteiger partial charge in [0.25, 0.3) is 0 Å². The van der Waals surface area contributed by atoms with Crippen LogP contribution in [-0.4, -0.2) is 18.6 Å². The van der Waals surface area contributed by atoms with Crippen LogP contribution in [-0.2, 0) is 22.3 Å². The van der Waals surface area contributed by atoms with Crippen LogP contribution in [0.1, 0.15) is 11.3 Å². The van der Waals surface area contributed by atoms with Crippen LogP contribution in [0.15, 0.2) is 42.6 Å². The number of nitrogen functional groups attached to an aromatic ring is 1. The van der Waals surface area contributed by atoms with Crippen LogP contribution >= 0.6 is 0 Å². The zero-order chi connectivity index (χ0) is 13.7. The second-order valence-corrected chi connectivity index (χ2v) is 5.84. The van der Waals surface area contributed by atoms with E-state index in [9.17, 15) is 8.42 Å². The van der Waals surface area contributed by atoms with Gasteiger partial charge in [-0.05, 0) is 29.8 Å². The summed E-state index contributed by atoms with van der Waals surface area (Å²) in [5.41, 5.74) is 7.40. The molecule has 0 spiro atoms. The molecule has 0 fully saturated rings. The highest BCUT2D eigenvalue weighted by molar-refractivity contribution is 7.88. The zero-order valence-electron chi connectivity index (χ0n) is 10.2. The van der Waals surface area contributed by atoms with Gasteiger partial charge in [0.2, 0.25) is 10.0 Å². The summed E-state index contributed by atoms with van der Waals surface area (Å²) in [7, 11) is -3.40. The van der Waals surface area contributed by atoms with Gasteiger partial charge in [-0.25, -0.2) is 13.1 Å². The maximum Gasteiger partial charge on any atom is 0.216 e. The first kappa shape index (κ1) is 13.4. The van der Waals surface area contributed by atoms with Crippen LogP contribution in [0.25, 0.3) is 0 Å². The topological polar surface area (TPSA) is 98.0 Å². The van der Waals surface area contributed by atoms with Gasteiger partial charge in [0.1, 0.15) is 0 Å². The van der Waals surface area contributed by atoms with E-state index in [-0.39, 0.29) is 12.3 Å². The van der Waals surface area contributed by atoms with Gasteiger partial charge in [0, 0.05) is 11.9 Å². The molecule has 2 rings (SSSR count). The van der Waals surface area contributed by atoms with Crippen molar-refractivity contribution in [1.82, 2.24) is 14.9 Å². The highest BCUT2D eigenvalue weighted by Crippen LogP contribution is 2.08. The number of nitrogens with zero attached hydrogens (tertiary/aromatic N) is 2. The van der Waals surface area contributed by atoms with Crippen molar-refractivity contribution in [3.8, 4) is 0 Å². The van der Waals surface area contributed by atoms with Crippen LogP contribution in [0.3, 0.4) is 0 Å². The fourth-order valence-electron chi connectivity index (χ4n) is 1.50. The summed E-state index contributed by atoms with van der Waals surface area (Å²) in [5, 5.41) is 7.49.